The van der Waals surface area contributed by atoms with Crippen LogP contribution in [0.3, 0.4) is 0 Å². The van der Waals surface area contributed by atoms with E-state index in [1.807, 2.05) is 0 Å². The van der Waals surface area contributed by atoms with Gasteiger partial charge in [0.05, 0.1) is 24.1 Å². The number of carbonyl (C=O) groups excluding carboxylic acids is 1. The van der Waals surface area contributed by atoms with Crippen LogP contribution in [0, 0.1) is 0 Å². The quantitative estimate of drug-likeness (QED) is 0.578. The van der Waals surface area contributed by atoms with Crippen LogP contribution in [0.15, 0.2) is 76.2 Å². The zero-order valence-corrected chi connectivity index (χ0v) is 15.1. The number of phenolic OH excluding ortho intramolecular Hbond substituents is 1. The lowest BCUT2D eigenvalue weighted by Crippen LogP contribution is -2.23. The van der Waals surface area contributed by atoms with Crippen molar-refractivity contribution in [3.8, 4) is 5.75 Å². The van der Waals surface area contributed by atoms with Crippen LogP contribution in [0.25, 0.3) is 0 Å². The Bertz CT molecular complexity index is 1030. The summed E-state index contributed by atoms with van der Waals surface area (Å²) >= 11 is 0. The van der Waals surface area contributed by atoms with Gasteiger partial charge in [0.25, 0.3) is 0 Å². The van der Waals surface area contributed by atoms with Gasteiger partial charge in [0.1, 0.15) is 11.5 Å². The van der Waals surface area contributed by atoms with Crippen molar-refractivity contribution >= 4 is 21.6 Å². The molecule has 27 heavy (non-hydrogen) atoms. The number of nitrogens with one attached hydrogen (secondary N) is 2. The van der Waals surface area contributed by atoms with Gasteiger partial charge < -0.3 is 14.8 Å². The van der Waals surface area contributed by atoms with E-state index in [1.165, 1.54) is 30.5 Å². The second-order valence-corrected chi connectivity index (χ2v) is 7.55. The number of furan rings is 1. The fourth-order valence-corrected chi connectivity index (χ4v) is 3.48. The molecule has 8 heteroatoms. The largest absolute Gasteiger partial charge is 0.508 e. The molecule has 0 fully saturated rings. The molecule has 0 bridgehead atoms. The topological polar surface area (TPSA) is 109 Å². The van der Waals surface area contributed by atoms with E-state index < -0.39 is 10.0 Å². The predicted octanol–water partition coefficient (Wildman–Crippen LogP) is 2.64. The Hall–Kier alpha value is -3.10. The molecule has 0 aliphatic carbocycles. The number of hydrogen-bond acceptors (Lipinski definition) is 5. The highest BCUT2D eigenvalue weighted by molar-refractivity contribution is 7.89. The van der Waals surface area contributed by atoms with Crippen LogP contribution < -0.4 is 10.0 Å². The molecule has 3 aromatic rings. The summed E-state index contributed by atoms with van der Waals surface area (Å²) in [6, 6.07) is 15.8. The summed E-state index contributed by atoms with van der Waals surface area (Å²) in [6.45, 7) is 0.0270. The summed E-state index contributed by atoms with van der Waals surface area (Å²) in [4.78, 5) is 12.2. The van der Waals surface area contributed by atoms with Gasteiger partial charge in [-0.25, -0.2) is 13.1 Å². The van der Waals surface area contributed by atoms with Crippen molar-refractivity contribution in [2.45, 2.75) is 17.9 Å². The predicted molar refractivity (Wildman–Crippen MR) is 99.6 cm³/mol. The number of phenols is 1. The summed E-state index contributed by atoms with van der Waals surface area (Å²) in [5.41, 5.74) is 0.829. The van der Waals surface area contributed by atoms with E-state index in [1.54, 1.807) is 36.4 Å². The zero-order valence-electron chi connectivity index (χ0n) is 14.3. The minimum atomic E-state index is -3.76. The maximum absolute atomic E-state index is 12.4. The third kappa shape index (κ3) is 4.96. The third-order valence-electron chi connectivity index (χ3n) is 3.79. The lowest BCUT2D eigenvalue weighted by Gasteiger charge is -2.09. The molecule has 0 saturated heterocycles. The molecule has 2 aromatic carbocycles. The molecule has 0 aliphatic rings. The van der Waals surface area contributed by atoms with Crippen molar-refractivity contribution < 1.29 is 22.7 Å². The number of para-hydroxylation sites is 1. The number of hydrogen-bond donors (Lipinski definition) is 3. The van der Waals surface area contributed by atoms with Gasteiger partial charge in [-0.15, -0.1) is 0 Å². The SMILES string of the molecule is O=C(Cc1ccccc1O)Nc1cccc(S(=O)(=O)NCc2ccco2)c1. The second-order valence-electron chi connectivity index (χ2n) is 5.79. The lowest BCUT2D eigenvalue weighted by molar-refractivity contribution is -0.115. The van der Waals surface area contributed by atoms with Crippen LogP contribution in [-0.2, 0) is 27.8 Å². The van der Waals surface area contributed by atoms with Crippen LogP contribution in [0.1, 0.15) is 11.3 Å². The van der Waals surface area contributed by atoms with E-state index in [4.69, 9.17) is 4.42 Å². The monoisotopic (exact) mass is 386 g/mol. The van der Waals surface area contributed by atoms with Gasteiger partial charge in [-0.2, -0.15) is 0 Å². The number of benzene rings is 2. The van der Waals surface area contributed by atoms with Gasteiger partial charge in [0.2, 0.25) is 15.9 Å². The molecule has 140 valence electrons. The van der Waals surface area contributed by atoms with Gasteiger partial charge in [-0.1, -0.05) is 24.3 Å². The highest BCUT2D eigenvalue weighted by Crippen LogP contribution is 2.19. The molecular weight excluding hydrogens is 368 g/mol. The highest BCUT2D eigenvalue weighted by atomic mass is 32.2. The van der Waals surface area contributed by atoms with Crippen molar-refractivity contribution in [2.24, 2.45) is 0 Å². The van der Waals surface area contributed by atoms with Crippen molar-refractivity contribution in [3.63, 3.8) is 0 Å². The first kappa shape index (κ1) is 18.7. The molecule has 0 atom stereocenters. The molecule has 0 spiro atoms. The molecule has 0 aliphatic heterocycles. The van der Waals surface area contributed by atoms with Gasteiger partial charge >= 0.3 is 0 Å². The molecule has 0 saturated carbocycles. The fraction of sp³-hybridized carbons (Fsp3) is 0.105. The van der Waals surface area contributed by atoms with E-state index in [9.17, 15) is 18.3 Å². The standard InChI is InChI=1S/C19H18N2O5S/c22-18-9-2-1-5-14(18)11-19(23)21-15-6-3-8-17(12-15)27(24,25)20-13-16-7-4-10-26-16/h1-10,12,20,22H,11,13H2,(H,21,23). The van der Waals surface area contributed by atoms with E-state index >= 15 is 0 Å². The van der Waals surface area contributed by atoms with Crippen LogP contribution in [-0.4, -0.2) is 19.4 Å². The number of anilines is 1. The maximum Gasteiger partial charge on any atom is 0.241 e. The minimum absolute atomic E-state index is 0.0226. The van der Waals surface area contributed by atoms with Crippen molar-refractivity contribution in [1.82, 2.24) is 4.72 Å². The summed E-state index contributed by atoms with van der Waals surface area (Å²) < 4.78 is 32.3. The van der Waals surface area contributed by atoms with Crippen LogP contribution >= 0.6 is 0 Å². The van der Waals surface area contributed by atoms with Gasteiger partial charge in [0, 0.05) is 11.3 Å². The summed E-state index contributed by atoms with van der Waals surface area (Å²) in [7, 11) is -3.76. The van der Waals surface area contributed by atoms with E-state index in [-0.39, 0.29) is 29.5 Å². The van der Waals surface area contributed by atoms with Crippen molar-refractivity contribution in [2.75, 3.05) is 5.32 Å². The Morgan fingerprint density at radius 2 is 1.85 bits per heavy atom. The number of rotatable bonds is 7. The summed E-state index contributed by atoms with van der Waals surface area (Å²) in [5, 5.41) is 12.4. The van der Waals surface area contributed by atoms with Gasteiger partial charge in [-0.05, 0) is 36.4 Å². The Kier molecular flexibility index (Phi) is 5.58. The summed E-state index contributed by atoms with van der Waals surface area (Å²) in [6.07, 6.45) is 1.44. The first-order chi connectivity index (χ1) is 12.9. The van der Waals surface area contributed by atoms with Crippen LogP contribution in [0.2, 0.25) is 0 Å². The first-order valence-corrected chi connectivity index (χ1v) is 9.61. The fourth-order valence-electron chi connectivity index (χ4n) is 2.44. The Morgan fingerprint density at radius 1 is 1.04 bits per heavy atom. The number of carbonyl (C=O) groups is 1. The molecule has 3 rings (SSSR count). The average molecular weight is 386 g/mol. The number of aromatic hydroxyl groups is 1. The van der Waals surface area contributed by atoms with Crippen LogP contribution in [0.4, 0.5) is 5.69 Å². The lowest BCUT2D eigenvalue weighted by atomic mass is 10.1. The first-order valence-electron chi connectivity index (χ1n) is 8.13. The highest BCUT2D eigenvalue weighted by Gasteiger charge is 2.16. The Balaban J connectivity index is 1.67. The van der Waals surface area contributed by atoms with Crippen LogP contribution in [0.5, 0.6) is 5.75 Å². The normalized spacial score (nSPS) is 11.3. The minimum Gasteiger partial charge on any atom is -0.508 e. The van der Waals surface area contributed by atoms with Crippen molar-refractivity contribution in [1.29, 1.82) is 0 Å². The molecule has 0 radical (unpaired) electrons. The average Bonchev–Trinajstić information content (AvgIpc) is 3.16. The maximum atomic E-state index is 12.4. The second kappa shape index (κ2) is 8.07. The molecule has 0 unspecified atom stereocenters. The Morgan fingerprint density at radius 3 is 2.59 bits per heavy atom. The molecule has 1 heterocycles. The third-order valence-corrected chi connectivity index (χ3v) is 5.19. The number of amides is 1. The summed E-state index contributed by atoms with van der Waals surface area (Å²) in [5.74, 6) is 0.159. The molecular formula is C19H18N2O5S. The smallest absolute Gasteiger partial charge is 0.241 e. The zero-order chi connectivity index (χ0) is 19.3. The van der Waals surface area contributed by atoms with E-state index in [2.05, 4.69) is 10.0 Å². The number of sulfonamides is 1. The van der Waals surface area contributed by atoms with Crippen molar-refractivity contribution in [3.05, 3.63) is 78.3 Å². The molecule has 1 aromatic heterocycles. The molecule has 3 N–H and O–H groups in total. The Labute approximate surface area is 156 Å². The van der Waals surface area contributed by atoms with Gasteiger partial charge in [0.15, 0.2) is 0 Å². The van der Waals surface area contributed by atoms with Gasteiger partial charge in [-0.3, -0.25) is 4.79 Å². The van der Waals surface area contributed by atoms with E-state index in [0.29, 0.717) is 17.0 Å². The molecule has 1 amide bonds. The van der Waals surface area contributed by atoms with E-state index in [0.717, 1.165) is 0 Å². The molecule has 7 nitrogen and oxygen atoms in total.